The van der Waals surface area contributed by atoms with E-state index in [2.05, 4.69) is 25.3 Å². The molecule has 2 heterocycles. The summed E-state index contributed by atoms with van der Waals surface area (Å²) in [5.41, 5.74) is 0.480. The van der Waals surface area contributed by atoms with Crippen molar-refractivity contribution in [3.8, 4) is 0 Å². The minimum atomic E-state index is -0.365. The Balaban J connectivity index is 2.06. The molecule has 5 nitrogen and oxygen atoms in total. The number of nitrogens with one attached hydrogen (secondary N) is 1. The summed E-state index contributed by atoms with van der Waals surface area (Å²) in [6.45, 7) is 0. The van der Waals surface area contributed by atoms with Crippen molar-refractivity contribution >= 4 is 45.7 Å². The van der Waals surface area contributed by atoms with Gasteiger partial charge in [0.1, 0.15) is 28.9 Å². The van der Waals surface area contributed by atoms with E-state index in [0.717, 1.165) is 0 Å². The number of rotatable bonds is 2. The fraction of sp³-hybridized carbons (Fsp3) is 0. The Kier molecular flexibility index (Phi) is 3.33. The SMILES string of the molecule is Fc1ccc2c(Nc3cc(Cl)nc(Cl)n3)ncnc2c1. The van der Waals surface area contributed by atoms with Gasteiger partial charge in [0.05, 0.1) is 5.52 Å². The number of fused-ring (bicyclic) bond motifs is 1. The Morgan fingerprint density at radius 1 is 1.05 bits per heavy atom. The molecule has 8 heteroatoms. The van der Waals surface area contributed by atoms with Crippen molar-refractivity contribution in [2.24, 2.45) is 0 Å². The van der Waals surface area contributed by atoms with Crippen LogP contribution in [0.25, 0.3) is 10.9 Å². The fourth-order valence-electron chi connectivity index (χ4n) is 1.71. The van der Waals surface area contributed by atoms with Gasteiger partial charge < -0.3 is 5.32 Å². The summed E-state index contributed by atoms with van der Waals surface area (Å²) in [5, 5.41) is 3.83. The van der Waals surface area contributed by atoms with Gasteiger partial charge in [-0.15, -0.1) is 0 Å². The number of nitrogens with zero attached hydrogens (tertiary/aromatic N) is 4. The highest BCUT2D eigenvalue weighted by Gasteiger charge is 2.07. The maximum absolute atomic E-state index is 13.2. The van der Waals surface area contributed by atoms with E-state index in [1.165, 1.54) is 24.5 Å². The van der Waals surface area contributed by atoms with Gasteiger partial charge in [-0.3, -0.25) is 0 Å². The van der Waals surface area contributed by atoms with Gasteiger partial charge in [-0.1, -0.05) is 11.6 Å². The zero-order chi connectivity index (χ0) is 14.1. The number of halogens is 3. The summed E-state index contributed by atoms with van der Waals surface area (Å²) < 4.78 is 13.2. The maximum Gasteiger partial charge on any atom is 0.225 e. The van der Waals surface area contributed by atoms with E-state index in [0.29, 0.717) is 22.5 Å². The number of aromatic nitrogens is 4. The lowest BCUT2D eigenvalue weighted by molar-refractivity contribution is 0.629. The number of hydrogen-bond donors (Lipinski definition) is 1. The van der Waals surface area contributed by atoms with E-state index in [1.807, 2.05) is 0 Å². The third-order valence-corrected chi connectivity index (χ3v) is 2.88. The predicted octanol–water partition coefficient (Wildman–Crippen LogP) is 3.61. The summed E-state index contributed by atoms with van der Waals surface area (Å²) in [5.74, 6) is 0.496. The van der Waals surface area contributed by atoms with Crippen molar-refractivity contribution < 1.29 is 4.39 Å². The first-order valence-corrected chi connectivity index (χ1v) is 6.25. The van der Waals surface area contributed by atoms with Crippen molar-refractivity contribution in [1.29, 1.82) is 0 Å². The molecule has 0 amide bonds. The van der Waals surface area contributed by atoms with Gasteiger partial charge in [-0.2, -0.15) is 0 Å². The molecule has 0 spiro atoms. The molecule has 0 saturated carbocycles. The largest absolute Gasteiger partial charge is 0.324 e. The van der Waals surface area contributed by atoms with Gasteiger partial charge in [0, 0.05) is 17.5 Å². The molecule has 0 bridgehead atoms. The summed E-state index contributed by atoms with van der Waals surface area (Å²) in [7, 11) is 0. The van der Waals surface area contributed by atoms with Gasteiger partial charge in [0.15, 0.2) is 0 Å². The lowest BCUT2D eigenvalue weighted by Gasteiger charge is -2.07. The van der Waals surface area contributed by atoms with Crippen LogP contribution in [0.15, 0.2) is 30.6 Å². The van der Waals surface area contributed by atoms with Gasteiger partial charge in [0.25, 0.3) is 0 Å². The second-order valence-corrected chi connectivity index (χ2v) is 4.58. The zero-order valence-corrected chi connectivity index (χ0v) is 11.3. The van der Waals surface area contributed by atoms with E-state index in [1.54, 1.807) is 6.07 Å². The van der Waals surface area contributed by atoms with Gasteiger partial charge in [0.2, 0.25) is 5.28 Å². The van der Waals surface area contributed by atoms with E-state index in [9.17, 15) is 4.39 Å². The quantitative estimate of drug-likeness (QED) is 0.578. The molecule has 0 radical (unpaired) electrons. The summed E-state index contributed by atoms with van der Waals surface area (Å²) in [6, 6.07) is 5.74. The molecule has 0 saturated heterocycles. The lowest BCUT2D eigenvalue weighted by atomic mass is 10.2. The van der Waals surface area contributed by atoms with Crippen molar-refractivity contribution in [1.82, 2.24) is 19.9 Å². The van der Waals surface area contributed by atoms with Gasteiger partial charge in [-0.05, 0) is 23.7 Å². The fourth-order valence-corrected chi connectivity index (χ4v) is 2.11. The van der Waals surface area contributed by atoms with Crippen LogP contribution in [0.3, 0.4) is 0 Å². The highest BCUT2D eigenvalue weighted by molar-refractivity contribution is 6.32. The first-order valence-electron chi connectivity index (χ1n) is 5.49. The Morgan fingerprint density at radius 3 is 2.70 bits per heavy atom. The highest BCUT2D eigenvalue weighted by atomic mass is 35.5. The topological polar surface area (TPSA) is 63.6 Å². The number of hydrogen-bond acceptors (Lipinski definition) is 5. The van der Waals surface area contributed by atoms with Crippen molar-refractivity contribution in [3.63, 3.8) is 0 Å². The summed E-state index contributed by atoms with van der Waals surface area (Å²) >= 11 is 11.5. The summed E-state index contributed by atoms with van der Waals surface area (Å²) in [6.07, 6.45) is 1.33. The molecule has 3 rings (SSSR count). The van der Waals surface area contributed by atoms with E-state index < -0.39 is 0 Å². The van der Waals surface area contributed by atoms with Crippen LogP contribution >= 0.6 is 23.2 Å². The molecule has 0 aliphatic carbocycles. The minimum Gasteiger partial charge on any atom is -0.324 e. The molecular weight excluding hydrogens is 304 g/mol. The van der Waals surface area contributed by atoms with E-state index >= 15 is 0 Å². The first-order chi connectivity index (χ1) is 9.61. The average Bonchev–Trinajstić information content (AvgIpc) is 2.37. The molecular formula is C12H6Cl2FN5. The second-order valence-electron chi connectivity index (χ2n) is 3.85. The van der Waals surface area contributed by atoms with Crippen molar-refractivity contribution in [3.05, 3.63) is 46.8 Å². The van der Waals surface area contributed by atoms with E-state index in [4.69, 9.17) is 23.2 Å². The van der Waals surface area contributed by atoms with Crippen molar-refractivity contribution in [2.45, 2.75) is 0 Å². The molecule has 3 aromatic rings. The molecule has 100 valence electrons. The predicted molar refractivity (Wildman–Crippen MR) is 74.8 cm³/mol. The molecule has 1 N–H and O–H groups in total. The van der Waals surface area contributed by atoms with Crippen LogP contribution in [0.1, 0.15) is 0 Å². The number of benzene rings is 1. The highest BCUT2D eigenvalue weighted by Crippen LogP contribution is 2.24. The van der Waals surface area contributed by atoms with E-state index in [-0.39, 0.29) is 16.3 Å². The van der Waals surface area contributed by atoms with Crippen LogP contribution in [-0.4, -0.2) is 19.9 Å². The van der Waals surface area contributed by atoms with Gasteiger partial charge >= 0.3 is 0 Å². The minimum absolute atomic E-state index is 0.0180. The van der Waals surface area contributed by atoms with Crippen LogP contribution in [0, 0.1) is 5.82 Å². The first kappa shape index (κ1) is 13.0. The smallest absolute Gasteiger partial charge is 0.225 e. The van der Waals surface area contributed by atoms with Crippen LogP contribution in [0.2, 0.25) is 10.4 Å². The Labute approximate surface area is 122 Å². The molecule has 0 fully saturated rings. The average molecular weight is 310 g/mol. The van der Waals surface area contributed by atoms with Crippen LogP contribution < -0.4 is 5.32 Å². The Hall–Kier alpha value is -2.05. The monoisotopic (exact) mass is 309 g/mol. The zero-order valence-electron chi connectivity index (χ0n) is 9.81. The summed E-state index contributed by atoms with van der Waals surface area (Å²) in [4.78, 5) is 15.8. The molecule has 1 aromatic carbocycles. The molecule has 0 atom stereocenters. The number of anilines is 2. The molecule has 20 heavy (non-hydrogen) atoms. The standard InChI is InChI=1S/C12H6Cl2FN5/c13-9-4-10(20-12(14)18-9)19-11-7-2-1-6(15)3-8(7)16-5-17-11/h1-5H,(H,16,17,18,19,20). The molecule has 0 aliphatic heterocycles. The molecule has 0 aliphatic rings. The molecule has 2 aromatic heterocycles. The third-order valence-electron chi connectivity index (χ3n) is 2.51. The lowest BCUT2D eigenvalue weighted by Crippen LogP contribution is -1.99. The molecule has 0 unspecified atom stereocenters. The van der Waals surface area contributed by atoms with Crippen LogP contribution in [0.5, 0.6) is 0 Å². The van der Waals surface area contributed by atoms with Crippen LogP contribution in [0.4, 0.5) is 16.0 Å². The van der Waals surface area contributed by atoms with Crippen LogP contribution in [-0.2, 0) is 0 Å². The van der Waals surface area contributed by atoms with Crippen molar-refractivity contribution in [2.75, 3.05) is 5.32 Å². The maximum atomic E-state index is 13.2. The second kappa shape index (κ2) is 5.15. The van der Waals surface area contributed by atoms with Gasteiger partial charge in [-0.25, -0.2) is 24.3 Å². The Morgan fingerprint density at radius 2 is 1.90 bits per heavy atom. The Bertz CT molecular complexity index is 776. The third kappa shape index (κ3) is 2.61. The normalized spacial score (nSPS) is 10.8.